The Bertz CT molecular complexity index is 333. The maximum absolute atomic E-state index is 11.3. The molecule has 0 saturated carbocycles. The summed E-state index contributed by atoms with van der Waals surface area (Å²) in [6.07, 6.45) is -1.40. The lowest BCUT2D eigenvalue weighted by atomic mass is 10.5. The van der Waals surface area contributed by atoms with E-state index in [4.69, 9.17) is 4.74 Å². The summed E-state index contributed by atoms with van der Waals surface area (Å²) >= 11 is 3.20. The third-order valence-electron chi connectivity index (χ3n) is 1.40. The predicted molar refractivity (Wildman–Crippen MR) is 66.3 cm³/mol. The van der Waals surface area contributed by atoms with E-state index in [1.807, 2.05) is 0 Å². The maximum Gasteiger partial charge on any atom is 0.422 e. The topological polar surface area (TPSA) is 93.7 Å². The molecule has 0 aliphatic carbocycles. The fourth-order valence-electron chi connectivity index (χ4n) is 0.824. The second kappa shape index (κ2) is 7.85. The molecule has 0 heterocycles. The smallest absolute Gasteiger partial charge is 0.422 e. The number of halogens is 1. The normalized spacial score (nSPS) is 13.5. The molecule has 0 aliphatic heterocycles. The minimum Gasteiger partial charge on any atom is -0.446 e. The van der Waals surface area contributed by atoms with Gasteiger partial charge in [-0.3, -0.25) is 0 Å². The number of amides is 1. The van der Waals surface area contributed by atoms with Crippen molar-refractivity contribution in [3.63, 3.8) is 0 Å². The number of alkyl halides is 1. The molecule has 17 heavy (non-hydrogen) atoms. The lowest BCUT2D eigenvalue weighted by Crippen LogP contribution is -2.43. The number of methoxy groups -OCH3 is 1. The maximum atomic E-state index is 11.3. The summed E-state index contributed by atoms with van der Waals surface area (Å²) in [4.78, 5) is 10.9. The van der Waals surface area contributed by atoms with Crippen LogP contribution in [0.5, 0.6) is 0 Å². The van der Waals surface area contributed by atoms with Crippen LogP contribution in [0.3, 0.4) is 0 Å². The summed E-state index contributed by atoms with van der Waals surface area (Å²) in [6.45, 7) is 3.68. The monoisotopic (exact) mass is 332 g/mol. The van der Waals surface area contributed by atoms with Gasteiger partial charge in [-0.05, 0) is 13.8 Å². The van der Waals surface area contributed by atoms with Crippen molar-refractivity contribution in [3.8, 4) is 0 Å². The number of ether oxygens (including phenoxy) is 2. The number of hydrogen-bond acceptors (Lipinski definition) is 5. The standard InChI is InChI=1S/C8H17BrN2O5S/c1-6(2)16-8(12)11-17(13,14)10-4-7(9)5-15-3/h6-7,10H,4-5H2,1-3H3,(H,11,12). The van der Waals surface area contributed by atoms with Crippen molar-refractivity contribution in [3.05, 3.63) is 0 Å². The highest BCUT2D eigenvalue weighted by Gasteiger charge is 2.17. The van der Waals surface area contributed by atoms with Crippen LogP contribution in [-0.4, -0.2) is 45.7 Å². The molecular formula is C8H17BrN2O5S. The molecule has 0 saturated heterocycles. The minimum atomic E-state index is -3.90. The molecule has 0 aliphatic rings. The van der Waals surface area contributed by atoms with E-state index >= 15 is 0 Å². The average molecular weight is 333 g/mol. The molecule has 0 radical (unpaired) electrons. The molecule has 0 bridgehead atoms. The van der Waals surface area contributed by atoms with Gasteiger partial charge in [0.1, 0.15) is 0 Å². The Labute approximate surface area is 110 Å². The van der Waals surface area contributed by atoms with Crippen LogP contribution in [0, 0.1) is 0 Å². The number of carbonyl (C=O) groups excluding carboxylic acids is 1. The van der Waals surface area contributed by atoms with Crippen LogP contribution in [0.25, 0.3) is 0 Å². The summed E-state index contributed by atoms with van der Waals surface area (Å²) in [5, 5.41) is 0. The van der Waals surface area contributed by atoms with Gasteiger partial charge in [0.25, 0.3) is 0 Å². The van der Waals surface area contributed by atoms with E-state index in [2.05, 4.69) is 25.4 Å². The summed E-state index contributed by atoms with van der Waals surface area (Å²) in [5.41, 5.74) is 0. The molecule has 0 fully saturated rings. The fourth-order valence-corrected chi connectivity index (χ4v) is 2.22. The number of nitrogens with one attached hydrogen (secondary N) is 2. The van der Waals surface area contributed by atoms with Crippen LogP contribution < -0.4 is 9.44 Å². The zero-order valence-electron chi connectivity index (χ0n) is 9.90. The Hall–Kier alpha value is -0.380. The molecule has 1 amide bonds. The summed E-state index contributed by atoms with van der Waals surface area (Å²) in [6, 6.07) is 0. The first-order chi connectivity index (χ1) is 7.76. The molecule has 1 atom stereocenters. The zero-order chi connectivity index (χ0) is 13.5. The lowest BCUT2D eigenvalue weighted by Gasteiger charge is -2.12. The molecule has 7 nitrogen and oxygen atoms in total. The van der Waals surface area contributed by atoms with E-state index in [9.17, 15) is 13.2 Å². The molecule has 102 valence electrons. The second-order valence-corrected chi connectivity index (χ2v) is 6.26. The molecule has 0 spiro atoms. The van der Waals surface area contributed by atoms with Gasteiger partial charge in [0.15, 0.2) is 0 Å². The van der Waals surface area contributed by atoms with E-state index in [0.717, 1.165) is 0 Å². The van der Waals surface area contributed by atoms with Crippen molar-refractivity contribution in [2.24, 2.45) is 0 Å². The molecule has 9 heteroatoms. The predicted octanol–water partition coefficient (Wildman–Crippen LogP) is 0.365. The van der Waals surface area contributed by atoms with Crippen molar-refractivity contribution >= 4 is 32.2 Å². The van der Waals surface area contributed by atoms with Gasteiger partial charge >= 0.3 is 16.3 Å². The quantitative estimate of drug-likeness (QED) is 0.657. The number of rotatable bonds is 7. The summed E-state index contributed by atoms with van der Waals surface area (Å²) < 4.78 is 36.0. The van der Waals surface area contributed by atoms with Gasteiger partial charge in [0.05, 0.1) is 17.5 Å². The van der Waals surface area contributed by atoms with Crippen LogP contribution in [-0.2, 0) is 19.7 Å². The van der Waals surface area contributed by atoms with Crippen LogP contribution in [0.1, 0.15) is 13.8 Å². The van der Waals surface area contributed by atoms with E-state index in [0.29, 0.717) is 6.61 Å². The Balaban J connectivity index is 4.08. The van der Waals surface area contributed by atoms with Crippen molar-refractivity contribution in [1.82, 2.24) is 9.44 Å². The van der Waals surface area contributed by atoms with Gasteiger partial charge in [0.2, 0.25) is 0 Å². The van der Waals surface area contributed by atoms with Gasteiger partial charge in [0, 0.05) is 13.7 Å². The van der Waals surface area contributed by atoms with E-state index in [-0.39, 0.29) is 17.5 Å². The van der Waals surface area contributed by atoms with Crippen molar-refractivity contribution in [2.75, 3.05) is 20.3 Å². The van der Waals surface area contributed by atoms with Crippen molar-refractivity contribution < 1.29 is 22.7 Å². The molecule has 0 aromatic heterocycles. The Morgan fingerprint density at radius 3 is 2.47 bits per heavy atom. The van der Waals surface area contributed by atoms with Crippen LogP contribution in [0.4, 0.5) is 4.79 Å². The zero-order valence-corrected chi connectivity index (χ0v) is 12.3. The largest absolute Gasteiger partial charge is 0.446 e. The van der Waals surface area contributed by atoms with Crippen LogP contribution in [0.15, 0.2) is 0 Å². The highest BCUT2D eigenvalue weighted by atomic mass is 79.9. The first kappa shape index (κ1) is 16.6. The van der Waals surface area contributed by atoms with Gasteiger partial charge < -0.3 is 9.47 Å². The van der Waals surface area contributed by atoms with Gasteiger partial charge in [-0.1, -0.05) is 15.9 Å². The first-order valence-electron chi connectivity index (χ1n) is 4.88. The number of carbonyl (C=O) groups is 1. The van der Waals surface area contributed by atoms with Crippen molar-refractivity contribution in [1.29, 1.82) is 0 Å². The Kier molecular flexibility index (Phi) is 7.68. The highest BCUT2D eigenvalue weighted by molar-refractivity contribution is 9.09. The Morgan fingerprint density at radius 2 is 2.00 bits per heavy atom. The van der Waals surface area contributed by atoms with Gasteiger partial charge in [-0.2, -0.15) is 13.1 Å². The third-order valence-corrected chi connectivity index (χ3v) is 2.97. The molecule has 1 unspecified atom stereocenters. The molecule has 0 aromatic rings. The minimum absolute atomic E-state index is 0.0954. The first-order valence-corrected chi connectivity index (χ1v) is 7.27. The average Bonchev–Trinajstić information content (AvgIpc) is 2.13. The molecule has 2 N–H and O–H groups in total. The SMILES string of the molecule is COCC(Br)CNS(=O)(=O)NC(=O)OC(C)C. The lowest BCUT2D eigenvalue weighted by molar-refractivity contribution is 0.121. The molecular weight excluding hydrogens is 316 g/mol. The summed E-state index contributed by atoms with van der Waals surface area (Å²) in [5.74, 6) is 0. The summed E-state index contributed by atoms with van der Waals surface area (Å²) in [7, 11) is -2.40. The van der Waals surface area contributed by atoms with E-state index in [1.54, 1.807) is 18.6 Å². The van der Waals surface area contributed by atoms with Crippen LogP contribution in [0.2, 0.25) is 0 Å². The molecule has 0 aromatic carbocycles. The number of hydrogen-bond donors (Lipinski definition) is 2. The third kappa shape index (κ3) is 9.33. The van der Waals surface area contributed by atoms with Crippen molar-refractivity contribution in [2.45, 2.75) is 24.8 Å². The van der Waals surface area contributed by atoms with E-state index < -0.39 is 16.3 Å². The second-order valence-electron chi connectivity index (χ2n) is 3.46. The van der Waals surface area contributed by atoms with Crippen LogP contribution >= 0.6 is 15.9 Å². The molecule has 0 rings (SSSR count). The van der Waals surface area contributed by atoms with Gasteiger partial charge in [-0.25, -0.2) is 9.52 Å². The fraction of sp³-hybridized carbons (Fsp3) is 0.875. The van der Waals surface area contributed by atoms with Gasteiger partial charge in [-0.15, -0.1) is 0 Å². The van der Waals surface area contributed by atoms with E-state index in [1.165, 1.54) is 7.11 Å². The highest BCUT2D eigenvalue weighted by Crippen LogP contribution is 1.98. The Morgan fingerprint density at radius 1 is 1.41 bits per heavy atom.